The van der Waals surface area contributed by atoms with Gasteiger partial charge in [-0.2, -0.15) is 0 Å². The van der Waals surface area contributed by atoms with Gasteiger partial charge in [0.15, 0.2) is 0 Å². The Morgan fingerprint density at radius 1 is 0.900 bits per heavy atom. The molecule has 3 rings (SSSR count). The van der Waals surface area contributed by atoms with Gasteiger partial charge < -0.3 is 5.73 Å². The zero-order valence-corrected chi connectivity index (χ0v) is 11.5. The molecule has 0 spiro atoms. The highest BCUT2D eigenvalue weighted by atomic mass is 35.5. The third kappa shape index (κ3) is 2.17. The lowest BCUT2D eigenvalue weighted by Crippen LogP contribution is -1.96. The summed E-state index contributed by atoms with van der Waals surface area (Å²) in [5, 5.41) is 2.09. The van der Waals surface area contributed by atoms with Crippen LogP contribution in [-0.2, 0) is 6.54 Å². The van der Waals surface area contributed by atoms with Gasteiger partial charge in [-0.3, -0.25) is 0 Å². The molecule has 1 nitrogen and oxygen atoms in total. The maximum absolute atomic E-state index is 13.9. The van der Waals surface area contributed by atoms with E-state index in [1.54, 1.807) is 12.1 Å². The zero-order valence-electron chi connectivity index (χ0n) is 10.7. The normalized spacial score (nSPS) is 10.9. The fraction of sp³-hybridized carbons (Fsp3) is 0.0588. The van der Waals surface area contributed by atoms with Crippen molar-refractivity contribution >= 4 is 22.4 Å². The molecule has 0 unspecified atom stereocenters. The Bertz CT molecular complexity index is 783. The zero-order chi connectivity index (χ0) is 14.1. The molecule has 0 bridgehead atoms. The van der Waals surface area contributed by atoms with E-state index in [9.17, 15) is 4.39 Å². The molecule has 3 aromatic carbocycles. The highest BCUT2D eigenvalue weighted by Gasteiger charge is 2.10. The highest BCUT2D eigenvalue weighted by Crippen LogP contribution is 2.34. The molecule has 3 aromatic rings. The number of hydrogen-bond acceptors (Lipinski definition) is 1. The molecule has 100 valence electrons. The van der Waals surface area contributed by atoms with E-state index in [4.69, 9.17) is 17.3 Å². The molecule has 0 saturated carbocycles. The van der Waals surface area contributed by atoms with E-state index >= 15 is 0 Å². The molecule has 0 amide bonds. The van der Waals surface area contributed by atoms with E-state index < -0.39 is 0 Å². The van der Waals surface area contributed by atoms with Gasteiger partial charge in [-0.15, -0.1) is 0 Å². The molecule has 0 aliphatic rings. The lowest BCUT2D eigenvalue weighted by atomic mass is 9.97. The lowest BCUT2D eigenvalue weighted by Gasteiger charge is -2.10. The third-order valence-corrected chi connectivity index (χ3v) is 3.74. The molecule has 20 heavy (non-hydrogen) atoms. The third-order valence-electron chi connectivity index (χ3n) is 3.43. The number of nitrogens with two attached hydrogens (primary N) is 1. The lowest BCUT2D eigenvalue weighted by molar-refractivity contribution is 0.640. The van der Waals surface area contributed by atoms with Crippen molar-refractivity contribution in [2.24, 2.45) is 5.73 Å². The van der Waals surface area contributed by atoms with Crippen molar-refractivity contribution < 1.29 is 4.39 Å². The van der Waals surface area contributed by atoms with E-state index in [-0.39, 0.29) is 5.82 Å². The number of fused-ring (bicyclic) bond motifs is 1. The minimum Gasteiger partial charge on any atom is -0.326 e. The van der Waals surface area contributed by atoms with E-state index in [1.807, 2.05) is 36.4 Å². The average molecular weight is 286 g/mol. The second-order valence-corrected chi connectivity index (χ2v) is 5.07. The number of hydrogen-bond donors (Lipinski definition) is 1. The molecule has 0 atom stereocenters. The van der Waals surface area contributed by atoms with Crippen molar-refractivity contribution in [3.05, 3.63) is 71.0 Å². The minimum atomic E-state index is -0.223. The van der Waals surface area contributed by atoms with Gasteiger partial charge in [0.2, 0.25) is 0 Å². The first-order chi connectivity index (χ1) is 9.70. The van der Waals surface area contributed by atoms with Crippen LogP contribution in [-0.4, -0.2) is 0 Å². The molecule has 0 saturated heterocycles. The summed E-state index contributed by atoms with van der Waals surface area (Å²) in [6, 6.07) is 16.4. The monoisotopic (exact) mass is 285 g/mol. The summed E-state index contributed by atoms with van der Waals surface area (Å²) in [7, 11) is 0. The van der Waals surface area contributed by atoms with Crippen LogP contribution in [0, 0.1) is 5.82 Å². The van der Waals surface area contributed by atoms with Crippen molar-refractivity contribution in [1.82, 2.24) is 0 Å². The van der Waals surface area contributed by atoms with Crippen LogP contribution in [0.1, 0.15) is 5.56 Å². The van der Waals surface area contributed by atoms with Crippen molar-refractivity contribution in [3.8, 4) is 11.1 Å². The quantitative estimate of drug-likeness (QED) is 0.722. The van der Waals surface area contributed by atoms with E-state index in [0.29, 0.717) is 17.0 Å². The van der Waals surface area contributed by atoms with Crippen molar-refractivity contribution in [3.63, 3.8) is 0 Å². The standard InChI is InChI=1S/C17H13ClFN/c18-16-9-11(10-20)5-6-14(16)13-7-8-17(19)15-4-2-1-3-12(13)15/h1-9H,10,20H2. The van der Waals surface area contributed by atoms with Gasteiger partial charge in [-0.1, -0.05) is 54.1 Å². The van der Waals surface area contributed by atoms with Crippen molar-refractivity contribution in [2.45, 2.75) is 6.54 Å². The Kier molecular flexibility index (Phi) is 3.43. The van der Waals surface area contributed by atoms with E-state index in [0.717, 1.165) is 22.1 Å². The van der Waals surface area contributed by atoms with Gasteiger partial charge >= 0.3 is 0 Å². The van der Waals surface area contributed by atoms with Crippen LogP contribution in [0.3, 0.4) is 0 Å². The summed E-state index contributed by atoms with van der Waals surface area (Å²) in [5.41, 5.74) is 8.40. The fourth-order valence-corrected chi connectivity index (χ4v) is 2.71. The Balaban J connectivity index is 2.27. The van der Waals surface area contributed by atoms with Crippen LogP contribution in [0.4, 0.5) is 4.39 Å². The first-order valence-corrected chi connectivity index (χ1v) is 6.74. The Labute approximate surface area is 121 Å². The maximum atomic E-state index is 13.9. The Hall–Kier alpha value is -1.90. The van der Waals surface area contributed by atoms with Crippen LogP contribution < -0.4 is 5.73 Å². The molecule has 0 aliphatic carbocycles. The highest BCUT2D eigenvalue weighted by molar-refractivity contribution is 6.33. The van der Waals surface area contributed by atoms with Gasteiger partial charge in [0.25, 0.3) is 0 Å². The second kappa shape index (κ2) is 5.23. The van der Waals surface area contributed by atoms with Gasteiger partial charge in [-0.25, -0.2) is 4.39 Å². The maximum Gasteiger partial charge on any atom is 0.131 e. The minimum absolute atomic E-state index is 0.223. The van der Waals surface area contributed by atoms with Gasteiger partial charge in [0, 0.05) is 22.5 Å². The van der Waals surface area contributed by atoms with Gasteiger partial charge in [-0.05, 0) is 28.6 Å². The number of rotatable bonds is 2. The van der Waals surface area contributed by atoms with Crippen LogP contribution in [0.5, 0.6) is 0 Å². The predicted octanol–water partition coefficient (Wildman–Crippen LogP) is 4.76. The summed E-state index contributed by atoms with van der Waals surface area (Å²) in [6.07, 6.45) is 0. The topological polar surface area (TPSA) is 26.0 Å². The molecular formula is C17H13ClFN. The van der Waals surface area contributed by atoms with Crippen molar-refractivity contribution in [2.75, 3.05) is 0 Å². The predicted molar refractivity (Wildman–Crippen MR) is 82.2 cm³/mol. The second-order valence-electron chi connectivity index (χ2n) is 4.66. The number of benzene rings is 3. The van der Waals surface area contributed by atoms with Crippen LogP contribution in [0.25, 0.3) is 21.9 Å². The van der Waals surface area contributed by atoms with E-state index in [2.05, 4.69) is 0 Å². The number of halogens is 2. The average Bonchev–Trinajstić information content (AvgIpc) is 2.48. The molecule has 0 heterocycles. The first kappa shape index (κ1) is 13.1. The fourth-order valence-electron chi connectivity index (χ4n) is 2.40. The molecule has 2 N–H and O–H groups in total. The summed E-state index contributed by atoms with van der Waals surface area (Å²) in [6.45, 7) is 0.449. The molecule has 0 aromatic heterocycles. The SMILES string of the molecule is NCc1ccc(-c2ccc(F)c3ccccc23)c(Cl)c1. The van der Waals surface area contributed by atoms with Crippen LogP contribution >= 0.6 is 11.6 Å². The summed E-state index contributed by atoms with van der Waals surface area (Å²) >= 11 is 6.33. The van der Waals surface area contributed by atoms with Gasteiger partial charge in [0.05, 0.1) is 0 Å². The Morgan fingerprint density at radius 2 is 1.60 bits per heavy atom. The van der Waals surface area contributed by atoms with Crippen molar-refractivity contribution in [1.29, 1.82) is 0 Å². The molecule has 0 fully saturated rings. The van der Waals surface area contributed by atoms with Crippen LogP contribution in [0.2, 0.25) is 5.02 Å². The van der Waals surface area contributed by atoms with Crippen LogP contribution in [0.15, 0.2) is 54.6 Å². The molecule has 3 heteroatoms. The molecule has 0 aliphatic heterocycles. The largest absolute Gasteiger partial charge is 0.326 e. The smallest absolute Gasteiger partial charge is 0.131 e. The summed E-state index contributed by atoms with van der Waals surface area (Å²) in [4.78, 5) is 0. The first-order valence-electron chi connectivity index (χ1n) is 6.37. The summed E-state index contributed by atoms with van der Waals surface area (Å²) in [5.74, 6) is -0.223. The molecular weight excluding hydrogens is 273 g/mol. The van der Waals surface area contributed by atoms with E-state index in [1.165, 1.54) is 6.07 Å². The molecule has 0 radical (unpaired) electrons. The Morgan fingerprint density at radius 3 is 2.30 bits per heavy atom. The summed E-state index contributed by atoms with van der Waals surface area (Å²) < 4.78 is 13.9. The van der Waals surface area contributed by atoms with Gasteiger partial charge in [0.1, 0.15) is 5.82 Å².